The first-order chi connectivity index (χ1) is 11.5. The Bertz CT molecular complexity index is 837. The minimum atomic E-state index is -0.215. The smallest absolute Gasteiger partial charge is 0.258 e. The van der Waals surface area contributed by atoms with E-state index in [9.17, 15) is 4.79 Å². The van der Waals surface area contributed by atoms with Crippen LogP contribution >= 0.6 is 0 Å². The SMILES string of the molecule is Cc1ccc(OCC(=O)N[C@@H](C)c2nc3ccccc3[nH]2)c(C)c1. The molecule has 24 heavy (non-hydrogen) atoms. The Hall–Kier alpha value is -2.82. The van der Waals surface area contributed by atoms with Crippen LogP contribution in [0.15, 0.2) is 42.5 Å². The van der Waals surface area contributed by atoms with E-state index < -0.39 is 0 Å². The van der Waals surface area contributed by atoms with Crippen molar-refractivity contribution in [2.75, 3.05) is 6.61 Å². The van der Waals surface area contributed by atoms with Gasteiger partial charge in [-0.1, -0.05) is 29.8 Å². The number of fused-ring (bicyclic) bond motifs is 1. The van der Waals surface area contributed by atoms with Crippen LogP contribution < -0.4 is 10.1 Å². The average Bonchev–Trinajstić information content (AvgIpc) is 2.98. The van der Waals surface area contributed by atoms with Gasteiger partial charge in [-0.05, 0) is 44.5 Å². The number of aryl methyl sites for hydroxylation is 2. The third-order valence-electron chi connectivity index (χ3n) is 3.88. The molecule has 3 aromatic rings. The van der Waals surface area contributed by atoms with E-state index in [1.54, 1.807) is 0 Å². The van der Waals surface area contributed by atoms with Crippen molar-refractivity contribution in [1.82, 2.24) is 15.3 Å². The number of carbonyl (C=O) groups is 1. The summed E-state index contributed by atoms with van der Waals surface area (Å²) in [5.74, 6) is 1.28. The monoisotopic (exact) mass is 323 g/mol. The summed E-state index contributed by atoms with van der Waals surface area (Å²) in [6.07, 6.45) is 0. The molecule has 3 rings (SSSR count). The highest BCUT2D eigenvalue weighted by molar-refractivity contribution is 5.78. The van der Waals surface area contributed by atoms with Crippen molar-refractivity contribution < 1.29 is 9.53 Å². The molecule has 0 aliphatic carbocycles. The maximum Gasteiger partial charge on any atom is 0.258 e. The fourth-order valence-electron chi connectivity index (χ4n) is 2.63. The van der Waals surface area contributed by atoms with Gasteiger partial charge in [-0.3, -0.25) is 4.79 Å². The Kier molecular flexibility index (Phi) is 4.51. The maximum absolute atomic E-state index is 12.1. The fraction of sp³-hybridized carbons (Fsp3) is 0.263. The zero-order valence-electron chi connectivity index (χ0n) is 14.1. The molecule has 2 aromatic carbocycles. The van der Waals surface area contributed by atoms with Gasteiger partial charge in [0.05, 0.1) is 17.1 Å². The van der Waals surface area contributed by atoms with Gasteiger partial charge in [-0.25, -0.2) is 4.98 Å². The molecule has 0 radical (unpaired) electrons. The summed E-state index contributed by atoms with van der Waals surface area (Å²) in [4.78, 5) is 19.8. The van der Waals surface area contributed by atoms with Crippen LogP contribution in [-0.4, -0.2) is 22.5 Å². The van der Waals surface area contributed by atoms with Crippen LogP contribution in [0.25, 0.3) is 11.0 Å². The van der Waals surface area contributed by atoms with Crippen molar-refractivity contribution in [3.63, 3.8) is 0 Å². The number of aromatic nitrogens is 2. The number of carbonyl (C=O) groups excluding carboxylic acids is 1. The van der Waals surface area contributed by atoms with Gasteiger partial charge in [0.1, 0.15) is 11.6 Å². The van der Waals surface area contributed by atoms with Crippen LogP contribution in [0.3, 0.4) is 0 Å². The second-order valence-electron chi connectivity index (χ2n) is 5.99. The van der Waals surface area contributed by atoms with E-state index in [4.69, 9.17) is 4.74 Å². The first-order valence-electron chi connectivity index (χ1n) is 7.97. The van der Waals surface area contributed by atoms with Gasteiger partial charge in [0, 0.05) is 0 Å². The molecule has 0 saturated heterocycles. The molecule has 0 spiro atoms. The Balaban J connectivity index is 1.59. The number of ether oxygens (including phenoxy) is 1. The van der Waals surface area contributed by atoms with Crippen LogP contribution in [0.5, 0.6) is 5.75 Å². The Morgan fingerprint density at radius 1 is 1.25 bits per heavy atom. The van der Waals surface area contributed by atoms with Crippen LogP contribution in [0.4, 0.5) is 0 Å². The molecule has 1 aromatic heterocycles. The number of amides is 1. The number of hydrogen-bond acceptors (Lipinski definition) is 3. The van der Waals surface area contributed by atoms with Crippen molar-refractivity contribution in [1.29, 1.82) is 0 Å². The lowest BCUT2D eigenvalue weighted by Crippen LogP contribution is -2.31. The van der Waals surface area contributed by atoms with Gasteiger partial charge in [0.15, 0.2) is 6.61 Å². The normalized spacial score (nSPS) is 12.1. The highest BCUT2D eigenvalue weighted by Crippen LogP contribution is 2.19. The number of hydrogen-bond donors (Lipinski definition) is 2. The Morgan fingerprint density at radius 3 is 2.79 bits per heavy atom. The van der Waals surface area contributed by atoms with Crippen LogP contribution in [0.1, 0.15) is 29.9 Å². The number of nitrogens with one attached hydrogen (secondary N) is 2. The number of aromatic amines is 1. The second-order valence-corrected chi connectivity index (χ2v) is 5.99. The summed E-state index contributed by atoms with van der Waals surface area (Å²) in [6.45, 7) is 5.87. The average molecular weight is 323 g/mol. The van der Waals surface area contributed by atoms with Crippen molar-refractivity contribution in [3.05, 3.63) is 59.4 Å². The highest BCUT2D eigenvalue weighted by atomic mass is 16.5. The standard InChI is InChI=1S/C19H21N3O2/c1-12-8-9-17(13(2)10-12)24-11-18(23)20-14(3)19-21-15-6-4-5-7-16(15)22-19/h4-10,14H,11H2,1-3H3,(H,20,23)(H,21,22)/t14-/m0/s1. The van der Waals surface area contributed by atoms with Crippen LogP contribution in [0, 0.1) is 13.8 Å². The number of benzene rings is 2. The van der Waals surface area contributed by atoms with Gasteiger partial charge >= 0.3 is 0 Å². The number of imidazole rings is 1. The first kappa shape index (κ1) is 16.1. The lowest BCUT2D eigenvalue weighted by molar-refractivity contribution is -0.123. The molecular formula is C19H21N3O2. The summed E-state index contributed by atoms with van der Waals surface area (Å²) in [5.41, 5.74) is 4.04. The zero-order chi connectivity index (χ0) is 17.1. The molecular weight excluding hydrogens is 302 g/mol. The molecule has 0 aliphatic rings. The van der Waals surface area contributed by atoms with Crippen molar-refractivity contribution in [3.8, 4) is 5.75 Å². The van der Waals surface area contributed by atoms with E-state index in [2.05, 4.69) is 15.3 Å². The van der Waals surface area contributed by atoms with Crippen LogP contribution in [0.2, 0.25) is 0 Å². The minimum Gasteiger partial charge on any atom is -0.484 e. The topological polar surface area (TPSA) is 67.0 Å². The lowest BCUT2D eigenvalue weighted by Gasteiger charge is -2.13. The molecule has 0 unspecified atom stereocenters. The van der Waals surface area contributed by atoms with E-state index in [0.717, 1.165) is 28.2 Å². The Morgan fingerprint density at radius 2 is 2.04 bits per heavy atom. The molecule has 0 aliphatic heterocycles. The van der Waals surface area contributed by atoms with E-state index in [1.165, 1.54) is 5.56 Å². The van der Waals surface area contributed by atoms with E-state index in [0.29, 0.717) is 0 Å². The molecule has 1 atom stereocenters. The fourth-order valence-corrected chi connectivity index (χ4v) is 2.63. The summed E-state index contributed by atoms with van der Waals surface area (Å²) < 4.78 is 5.61. The van der Waals surface area contributed by atoms with Crippen LogP contribution in [-0.2, 0) is 4.79 Å². The van der Waals surface area contributed by atoms with Crippen molar-refractivity contribution in [2.45, 2.75) is 26.8 Å². The predicted octanol–water partition coefficient (Wildman–Crippen LogP) is 3.44. The molecule has 2 N–H and O–H groups in total. The molecule has 1 amide bonds. The third kappa shape index (κ3) is 3.56. The number of H-pyrrole nitrogens is 1. The zero-order valence-corrected chi connectivity index (χ0v) is 14.1. The quantitative estimate of drug-likeness (QED) is 0.756. The predicted molar refractivity (Wildman–Crippen MR) is 94.1 cm³/mol. The Labute approximate surface area is 141 Å². The van der Waals surface area contributed by atoms with Crippen molar-refractivity contribution >= 4 is 16.9 Å². The first-order valence-corrected chi connectivity index (χ1v) is 7.97. The molecule has 0 saturated carbocycles. The summed E-state index contributed by atoms with van der Waals surface area (Å²) in [7, 11) is 0. The second kappa shape index (κ2) is 6.74. The molecule has 0 fully saturated rings. The maximum atomic E-state index is 12.1. The van der Waals surface area contributed by atoms with E-state index in [1.807, 2.05) is 63.2 Å². The summed E-state index contributed by atoms with van der Waals surface area (Å²) in [5, 5.41) is 2.90. The number of nitrogens with zero attached hydrogens (tertiary/aromatic N) is 1. The molecule has 5 heteroatoms. The third-order valence-corrected chi connectivity index (χ3v) is 3.88. The van der Waals surface area contributed by atoms with E-state index >= 15 is 0 Å². The van der Waals surface area contributed by atoms with Gasteiger partial charge in [0.25, 0.3) is 5.91 Å². The van der Waals surface area contributed by atoms with Gasteiger partial charge in [-0.15, -0.1) is 0 Å². The van der Waals surface area contributed by atoms with E-state index in [-0.39, 0.29) is 18.6 Å². The summed E-state index contributed by atoms with van der Waals surface area (Å²) in [6, 6.07) is 13.5. The summed E-state index contributed by atoms with van der Waals surface area (Å²) >= 11 is 0. The minimum absolute atomic E-state index is 0.0194. The molecule has 124 valence electrons. The lowest BCUT2D eigenvalue weighted by atomic mass is 10.1. The molecule has 1 heterocycles. The van der Waals surface area contributed by atoms with Gasteiger partial charge < -0.3 is 15.0 Å². The van der Waals surface area contributed by atoms with Gasteiger partial charge in [0.2, 0.25) is 0 Å². The molecule has 5 nitrogen and oxygen atoms in total. The highest BCUT2D eigenvalue weighted by Gasteiger charge is 2.14. The molecule has 0 bridgehead atoms. The largest absolute Gasteiger partial charge is 0.484 e. The number of para-hydroxylation sites is 2. The number of rotatable bonds is 5. The van der Waals surface area contributed by atoms with Gasteiger partial charge in [-0.2, -0.15) is 0 Å². The van der Waals surface area contributed by atoms with Crippen molar-refractivity contribution in [2.24, 2.45) is 0 Å².